The summed E-state index contributed by atoms with van der Waals surface area (Å²) in [6.07, 6.45) is 2.81. The van der Waals surface area contributed by atoms with E-state index in [1.807, 2.05) is 48.5 Å². The van der Waals surface area contributed by atoms with Crippen LogP contribution in [0.25, 0.3) is 32.7 Å². The smallest absolute Gasteiger partial charge is 0.256 e. The van der Waals surface area contributed by atoms with Gasteiger partial charge in [0.25, 0.3) is 5.91 Å². The van der Waals surface area contributed by atoms with Crippen molar-refractivity contribution in [3.8, 4) is 45.6 Å². The van der Waals surface area contributed by atoms with E-state index in [2.05, 4.69) is 5.32 Å². The van der Waals surface area contributed by atoms with E-state index in [1.54, 1.807) is 26.0 Å². The quantitative estimate of drug-likeness (QED) is 0.0699. The molecule has 0 fully saturated rings. The number of aryl methyl sites for hydroxylation is 2. The maximum Gasteiger partial charge on any atom is 0.256 e. The summed E-state index contributed by atoms with van der Waals surface area (Å²) in [5.74, 6) is -4.01. The molecule has 0 spiro atoms. The number of phenolic OH excluding ortho intramolecular Hbond substituents is 6. The van der Waals surface area contributed by atoms with E-state index in [4.69, 9.17) is 0 Å². The van der Waals surface area contributed by atoms with Crippen LogP contribution in [-0.2, 0) is 25.7 Å². The lowest BCUT2D eigenvalue weighted by atomic mass is 9.86. The van der Waals surface area contributed by atoms with Crippen molar-refractivity contribution in [1.29, 1.82) is 0 Å². The highest BCUT2D eigenvalue weighted by Crippen LogP contribution is 2.51. The molecule has 1 amide bonds. The number of amides is 1. The number of Topliss-reactive ketones (excluding diaryl/α,β-unsaturated/α-hetero) is 1. The van der Waals surface area contributed by atoms with Crippen molar-refractivity contribution in [3.05, 3.63) is 117 Å². The number of carbonyl (C=O) groups is 2. The SMILES string of the molecule is Cc1cc2c(C(=O)CC3Cc4ccccc4C3)c(O)c(O)cc2c(O)c1-c1c(C)cc2c(C(=O)NC3Cc4ccccc4C3)c(O)c(O)cc2c1O. The molecule has 6 aromatic rings. The minimum atomic E-state index is -0.620. The summed E-state index contributed by atoms with van der Waals surface area (Å²) in [7, 11) is 0. The van der Waals surface area contributed by atoms with Crippen molar-refractivity contribution in [2.24, 2.45) is 5.92 Å². The molecule has 7 N–H and O–H groups in total. The molecule has 0 heterocycles. The van der Waals surface area contributed by atoms with Gasteiger partial charge in [0.15, 0.2) is 28.8 Å². The van der Waals surface area contributed by atoms with Crippen LogP contribution in [0.2, 0.25) is 0 Å². The second kappa shape index (κ2) is 12.2. The van der Waals surface area contributed by atoms with Crippen molar-refractivity contribution < 1.29 is 40.2 Å². The topological polar surface area (TPSA) is 168 Å². The van der Waals surface area contributed by atoms with E-state index in [0.29, 0.717) is 24.0 Å². The van der Waals surface area contributed by atoms with Crippen LogP contribution < -0.4 is 5.32 Å². The highest BCUT2D eigenvalue weighted by Gasteiger charge is 2.31. The van der Waals surface area contributed by atoms with Gasteiger partial charge in [-0.05, 0) is 103 Å². The van der Waals surface area contributed by atoms with Gasteiger partial charge >= 0.3 is 0 Å². The number of nitrogens with one attached hydrogen (secondary N) is 1. The number of rotatable bonds is 6. The molecule has 52 heavy (non-hydrogen) atoms. The summed E-state index contributed by atoms with van der Waals surface area (Å²) >= 11 is 0. The standard InChI is InChI=1S/C43H37NO8/c1-20-11-28-30(18-33(46)41(50)37(28)32(45)15-22-13-23-7-3-4-8-24(23)14-22)39(48)35(20)36-21(2)12-29-31(40(36)49)19-34(47)42(51)38(29)43(52)44-27-16-25-9-5-6-10-26(25)17-27/h3-12,18-19,22,27,46-51H,13-17H2,1-2H3,(H,44,52). The third kappa shape index (κ3) is 5.23. The monoisotopic (exact) mass is 695 g/mol. The Morgan fingerprint density at radius 3 is 1.48 bits per heavy atom. The van der Waals surface area contributed by atoms with Gasteiger partial charge in [-0.1, -0.05) is 48.5 Å². The first-order valence-electron chi connectivity index (χ1n) is 17.3. The van der Waals surface area contributed by atoms with Crippen molar-refractivity contribution in [3.63, 3.8) is 0 Å². The van der Waals surface area contributed by atoms with Gasteiger partial charge in [0.1, 0.15) is 11.5 Å². The van der Waals surface area contributed by atoms with E-state index in [0.717, 1.165) is 24.0 Å². The predicted molar refractivity (Wildman–Crippen MR) is 198 cm³/mol. The molecule has 9 heteroatoms. The summed E-state index contributed by atoms with van der Waals surface area (Å²) in [5, 5.41) is 70.7. The largest absolute Gasteiger partial charge is 0.507 e. The lowest BCUT2D eigenvalue weighted by molar-refractivity contribution is 0.0934. The van der Waals surface area contributed by atoms with Gasteiger partial charge in [0.05, 0.1) is 11.1 Å². The number of phenols is 6. The van der Waals surface area contributed by atoms with Crippen molar-refractivity contribution in [1.82, 2.24) is 5.32 Å². The van der Waals surface area contributed by atoms with Gasteiger partial charge < -0.3 is 36.0 Å². The van der Waals surface area contributed by atoms with Crippen LogP contribution in [0.5, 0.6) is 34.5 Å². The second-order valence-corrected chi connectivity index (χ2v) is 14.3. The fourth-order valence-electron chi connectivity index (χ4n) is 8.48. The lowest BCUT2D eigenvalue weighted by Gasteiger charge is -2.21. The minimum absolute atomic E-state index is 0.0187. The molecule has 0 aromatic heterocycles. The van der Waals surface area contributed by atoms with E-state index in [9.17, 15) is 40.2 Å². The zero-order valence-electron chi connectivity index (χ0n) is 28.6. The number of ketones is 1. The van der Waals surface area contributed by atoms with Gasteiger partial charge in [-0.2, -0.15) is 0 Å². The van der Waals surface area contributed by atoms with E-state index < -0.39 is 28.9 Å². The number of benzene rings is 6. The Hall–Kier alpha value is -6.22. The Morgan fingerprint density at radius 2 is 1.00 bits per heavy atom. The summed E-state index contributed by atoms with van der Waals surface area (Å²) in [5.41, 5.74) is 5.63. The van der Waals surface area contributed by atoms with Crippen molar-refractivity contribution in [2.75, 3.05) is 0 Å². The molecule has 2 aliphatic rings. The first-order valence-corrected chi connectivity index (χ1v) is 17.3. The first-order chi connectivity index (χ1) is 24.9. The number of aromatic hydroxyl groups is 6. The Morgan fingerprint density at radius 1 is 0.577 bits per heavy atom. The maximum absolute atomic E-state index is 13.8. The fraction of sp³-hybridized carbons (Fsp3) is 0.209. The summed E-state index contributed by atoms with van der Waals surface area (Å²) < 4.78 is 0. The van der Waals surface area contributed by atoms with Crippen LogP contribution in [0.1, 0.15) is 60.5 Å². The molecular formula is C43H37NO8. The zero-order chi connectivity index (χ0) is 36.6. The molecule has 0 atom stereocenters. The first kappa shape index (κ1) is 33.0. The van der Waals surface area contributed by atoms with Crippen LogP contribution in [0, 0.1) is 19.8 Å². The Labute approximate surface area is 299 Å². The Balaban J connectivity index is 1.20. The average molecular weight is 696 g/mol. The minimum Gasteiger partial charge on any atom is -0.507 e. The fourth-order valence-corrected chi connectivity index (χ4v) is 8.48. The van der Waals surface area contributed by atoms with E-state index >= 15 is 0 Å². The molecule has 0 bridgehead atoms. The van der Waals surface area contributed by atoms with Crippen molar-refractivity contribution >= 4 is 33.2 Å². The summed E-state index contributed by atoms with van der Waals surface area (Å²) in [4.78, 5) is 27.5. The van der Waals surface area contributed by atoms with Gasteiger partial charge in [-0.3, -0.25) is 9.59 Å². The highest BCUT2D eigenvalue weighted by atomic mass is 16.3. The van der Waals surface area contributed by atoms with Crippen LogP contribution in [0.3, 0.4) is 0 Å². The molecule has 0 saturated heterocycles. The van der Waals surface area contributed by atoms with Crippen LogP contribution in [0.15, 0.2) is 72.8 Å². The van der Waals surface area contributed by atoms with Gasteiger partial charge in [0, 0.05) is 45.1 Å². The second-order valence-electron chi connectivity index (χ2n) is 14.3. The maximum atomic E-state index is 13.8. The molecule has 8 rings (SSSR count). The normalized spacial score (nSPS) is 14.2. The number of hydrogen-bond acceptors (Lipinski definition) is 8. The highest BCUT2D eigenvalue weighted by molar-refractivity contribution is 6.16. The summed E-state index contributed by atoms with van der Waals surface area (Å²) in [6.45, 7) is 3.37. The van der Waals surface area contributed by atoms with Crippen LogP contribution in [0.4, 0.5) is 0 Å². The molecular weight excluding hydrogens is 658 g/mol. The molecule has 0 unspecified atom stereocenters. The summed E-state index contributed by atoms with van der Waals surface area (Å²) in [6, 6.07) is 21.3. The number of fused-ring (bicyclic) bond motifs is 4. The average Bonchev–Trinajstić information content (AvgIpc) is 3.71. The van der Waals surface area contributed by atoms with Crippen LogP contribution >= 0.6 is 0 Å². The number of carbonyl (C=O) groups excluding carboxylic acids is 2. The van der Waals surface area contributed by atoms with Gasteiger partial charge in [-0.15, -0.1) is 0 Å². The van der Waals surface area contributed by atoms with Crippen LogP contribution in [-0.4, -0.2) is 48.4 Å². The third-order valence-corrected chi connectivity index (χ3v) is 10.9. The third-order valence-electron chi connectivity index (χ3n) is 10.9. The molecule has 0 saturated carbocycles. The predicted octanol–water partition coefficient (Wildman–Crippen LogP) is 7.40. The Bertz CT molecular complexity index is 2290. The molecule has 0 radical (unpaired) electrons. The van der Waals surface area contributed by atoms with Crippen molar-refractivity contribution in [2.45, 2.75) is 52.0 Å². The molecule has 6 aromatic carbocycles. The van der Waals surface area contributed by atoms with E-state index in [1.165, 1.54) is 23.3 Å². The Kier molecular flexibility index (Phi) is 7.75. The molecule has 0 aliphatic heterocycles. The molecule has 262 valence electrons. The van der Waals surface area contributed by atoms with Gasteiger partial charge in [-0.25, -0.2) is 0 Å². The van der Waals surface area contributed by atoms with E-state index in [-0.39, 0.29) is 79.5 Å². The number of hydrogen-bond donors (Lipinski definition) is 7. The van der Waals surface area contributed by atoms with Gasteiger partial charge in [0.2, 0.25) is 0 Å². The zero-order valence-corrected chi connectivity index (χ0v) is 28.6. The molecule has 2 aliphatic carbocycles. The molecule has 9 nitrogen and oxygen atoms in total. The lowest BCUT2D eigenvalue weighted by Crippen LogP contribution is -2.35.